The molecule has 3 rings (SSSR count). The van der Waals surface area contributed by atoms with Crippen molar-refractivity contribution in [2.45, 2.75) is 0 Å². The van der Waals surface area contributed by atoms with E-state index >= 15 is 0 Å². The number of hydrogen-bond acceptors (Lipinski definition) is 3. The summed E-state index contributed by atoms with van der Waals surface area (Å²) in [6.07, 6.45) is 0. The molecule has 110 valence electrons. The standard InChI is InChI=1S/C16H10ClF2N3/c17-14-9-15(20-13-7-2-1-6-12(13)19)22-16(21-14)10-4-3-5-11(18)8-10/h1-9H,(H,20,21,22). The van der Waals surface area contributed by atoms with E-state index in [4.69, 9.17) is 11.6 Å². The SMILES string of the molecule is Fc1cccc(-c2nc(Cl)cc(Nc3ccccc3F)n2)c1. The fourth-order valence-corrected chi connectivity index (χ4v) is 2.12. The minimum Gasteiger partial charge on any atom is -0.338 e. The number of anilines is 2. The third-order valence-corrected chi connectivity index (χ3v) is 3.11. The zero-order valence-corrected chi connectivity index (χ0v) is 12.0. The molecule has 3 aromatic rings. The predicted octanol–water partition coefficient (Wildman–Crippen LogP) is 4.82. The Morgan fingerprint density at radius 1 is 0.909 bits per heavy atom. The van der Waals surface area contributed by atoms with Gasteiger partial charge in [-0.3, -0.25) is 0 Å². The maximum atomic E-state index is 13.7. The first-order valence-electron chi connectivity index (χ1n) is 6.44. The Hall–Kier alpha value is -2.53. The van der Waals surface area contributed by atoms with Crippen molar-refractivity contribution in [1.82, 2.24) is 9.97 Å². The topological polar surface area (TPSA) is 37.8 Å². The number of para-hydroxylation sites is 1. The van der Waals surface area contributed by atoms with Gasteiger partial charge in [0.2, 0.25) is 0 Å². The van der Waals surface area contributed by atoms with E-state index in [1.165, 1.54) is 24.3 Å². The number of nitrogens with one attached hydrogen (secondary N) is 1. The van der Waals surface area contributed by atoms with Crippen LogP contribution in [0.3, 0.4) is 0 Å². The Kier molecular flexibility index (Phi) is 3.98. The molecule has 0 saturated heterocycles. The molecule has 0 fully saturated rings. The molecule has 1 heterocycles. The Labute approximate surface area is 130 Å². The fraction of sp³-hybridized carbons (Fsp3) is 0. The van der Waals surface area contributed by atoms with Crippen molar-refractivity contribution in [2.24, 2.45) is 0 Å². The predicted molar refractivity (Wildman–Crippen MR) is 82.1 cm³/mol. The highest BCUT2D eigenvalue weighted by molar-refractivity contribution is 6.29. The van der Waals surface area contributed by atoms with Crippen molar-refractivity contribution >= 4 is 23.1 Å². The summed E-state index contributed by atoms with van der Waals surface area (Å²) in [5, 5.41) is 3.01. The second-order valence-corrected chi connectivity index (χ2v) is 4.90. The third kappa shape index (κ3) is 3.20. The number of benzene rings is 2. The number of nitrogens with zero attached hydrogens (tertiary/aromatic N) is 2. The van der Waals surface area contributed by atoms with Gasteiger partial charge in [0.15, 0.2) is 5.82 Å². The van der Waals surface area contributed by atoms with Gasteiger partial charge in [0.05, 0.1) is 5.69 Å². The van der Waals surface area contributed by atoms with Crippen molar-refractivity contribution in [1.29, 1.82) is 0 Å². The quantitative estimate of drug-likeness (QED) is 0.704. The highest BCUT2D eigenvalue weighted by Gasteiger charge is 2.08. The first-order valence-corrected chi connectivity index (χ1v) is 6.82. The molecule has 0 radical (unpaired) electrons. The van der Waals surface area contributed by atoms with E-state index in [1.807, 2.05) is 0 Å². The van der Waals surface area contributed by atoms with Crippen LogP contribution >= 0.6 is 11.6 Å². The molecule has 0 unspecified atom stereocenters. The smallest absolute Gasteiger partial charge is 0.163 e. The van der Waals surface area contributed by atoms with Crippen LogP contribution in [0.5, 0.6) is 0 Å². The number of halogens is 3. The maximum Gasteiger partial charge on any atom is 0.163 e. The lowest BCUT2D eigenvalue weighted by atomic mass is 10.2. The molecule has 0 saturated carbocycles. The molecule has 0 aliphatic heterocycles. The van der Waals surface area contributed by atoms with Gasteiger partial charge in [-0.15, -0.1) is 0 Å². The van der Waals surface area contributed by atoms with Crippen LogP contribution in [0.4, 0.5) is 20.3 Å². The Bertz CT molecular complexity index is 824. The van der Waals surface area contributed by atoms with Crippen molar-refractivity contribution in [3.63, 3.8) is 0 Å². The minimum absolute atomic E-state index is 0.174. The molecule has 1 N–H and O–H groups in total. The van der Waals surface area contributed by atoms with E-state index in [0.29, 0.717) is 11.4 Å². The number of rotatable bonds is 3. The van der Waals surface area contributed by atoms with Gasteiger partial charge in [0.1, 0.15) is 22.6 Å². The monoisotopic (exact) mass is 317 g/mol. The van der Waals surface area contributed by atoms with E-state index in [1.54, 1.807) is 30.3 Å². The number of aromatic nitrogens is 2. The molecule has 0 aliphatic carbocycles. The molecule has 1 aromatic heterocycles. The highest BCUT2D eigenvalue weighted by Crippen LogP contribution is 2.24. The summed E-state index contributed by atoms with van der Waals surface area (Å²) < 4.78 is 27.0. The Morgan fingerprint density at radius 2 is 1.73 bits per heavy atom. The highest BCUT2D eigenvalue weighted by atomic mass is 35.5. The lowest BCUT2D eigenvalue weighted by molar-refractivity contribution is 0.628. The molecule has 0 spiro atoms. The molecule has 0 aliphatic rings. The molecular weight excluding hydrogens is 308 g/mol. The van der Waals surface area contributed by atoms with E-state index < -0.39 is 11.6 Å². The van der Waals surface area contributed by atoms with Gasteiger partial charge in [0.25, 0.3) is 0 Å². The molecule has 0 amide bonds. The molecule has 3 nitrogen and oxygen atoms in total. The minimum atomic E-state index is -0.412. The van der Waals surface area contributed by atoms with E-state index in [0.717, 1.165) is 0 Å². The summed E-state index contributed by atoms with van der Waals surface area (Å²) in [5.41, 5.74) is 0.751. The molecule has 6 heteroatoms. The van der Waals surface area contributed by atoms with E-state index in [9.17, 15) is 8.78 Å². The van der Waals surface area contributed by atoms with Gasteiger partial charge >= 0.3 is 0 Å². The first kappa shape index (κ1) is 14.4. The normalized spacial score (nSPS) is 10.5. The average Bonchev–Trinajstić information content (AvgIpc) is 2.49. The number of hydrogen-bond donors (Lipinski definition) is 1. The summed E-state index contributed by atoms with van der Waals surface area (Å²) in [6.45, 7) is 0. The van der Waals surface area contributed by atoms with Crippen molar-refractivity contribution in [3.05, 3.63) is 71.4 Å². The second-order valence-electron chi connectivity index (χ2n) is 4.51. The molecular formula is C16H10ClF2N3. The third-order valence-electron chi connectivity index (χ3n) is 2.91. The molecule has 0 bridgehead atoms. The lowest BCUT2D eigenvalue weighted by Gasteiger charge is -2.09. The largest absolute Gasteiger partial charge is 0.338 e. The summed E-state index contributed by atoms with van der Waals surface area (Å²) in [6, 6.07) is 13.5. The lowest BCUT2D eigenvalue weighted by Crippen LogP contribution is -1.99. The van der Waals surface area contributed by atoms with E-state index in [2.05, 4.69) is 15.3 Å². The van der Waals surface area contributed by atoms with Crippen LogP contribution in [0.1, 0.15) is 0 Å². The average molecular weight is 318 g/mol. The van der Waals surface area contributed by atoms with Crippen molar-refractivity contribution < 1.29 is 8.78 Å². The maximum absolute atomic E-state index is 13.7. The summed E-state index contributed by atoms with van der Waals surface area (Å²) in [5.74, 6) is -0.232. The van der Waals surface area contributed by atoms with Crippen molar-refractivity contribution in [3.8, 4) is 11.4 Å². The fourth-order valence-electron chi connectivity index (χ4n) is 1.94. The summed E-state index contributed by atoms with van der Waals surface area (Å²) >= 11 is 5.97. The van der Waals surface area contributed by atoms with E-state index in [-0.39, 0.29) is 16.7 Å². The van der Waals surface area contributed by atoms with Gasteiger partial charge in [-0.25, -0.2) is 18.7 Å². The van der Waals surface area contributed by atoms with Gasteiger partial charge in [0, 0.05) is 11.6 Å². The Balaban J connectivity index is 1.98. The summed E-state index contributed by atoms with van der Waals surface area (Å²) in [4.78, 5) is 8.30. The van der Waals surface area contributed by atoms with Crippen LogP contribution in [0.15, 0.2) is 54.6 Å². The van der Waals surface area contributed by atoms with Gasteiger partial charge in [-0.2, -0.15) is 0 Å². The van der Waals surface area contributed by atoms with Crippen LogP contribution in [0.25, 0.3) is 11.4 Å². The first-order chi connectivity index (χ1) is 10.6. The molecule has 22 heavy (non-hydrogen) atoms. The zero-order valence-electron chi connectivity index (χ0n) is 11.2. The van der Waals surface area contributed by atoms with Gasteiger partial charge < -0.3 is 5.32 Å². The van der Waals surface area contributed by atoms with Crippen LogP contribution in [0.2, 0.25) is 5.15 Å². The van der Waals surface area contributed by atoms with Crippen LogP contribution in [0, 0.1) is 11.6 Å². The summed E-state index contributed by atoms with van der Waals surface area (Å²) in [7, 11) is 0. The van der Waals surface area contributed by atoms with Crippen LogP contribution in [-0.4, -0.2) is 9.97 Å². The Morgan fingerprint density at radius 3 is 2.50 bits per heavy atom. The van der Waals surface area contributed by atoms with Gasteiger partial charge in [-0.05, 0) is 24.3 Å². The molecule has 0 atom stereocenters. The zero-order chi connectivity index (χ0) is 15.5. The molecule has 2 aromatic carbocycles. The van der Waals surface area contributed by atoms with Crippen LogP contribution < -0.4 is 5.32 Å². The second kappa shape index (κ2) is 6.07. The van der Waals surface area contributed by atoms with Gasteiger partial charge in [-0.1, -0.05) is 35.9 Å². The van der Waals surface area contributed by atoms with Crippen LogP contribution in [-0.2, 0) is 0 Å². The van der Waals surface area contributed by atoms with Crippen molar-refractivity contribution in [2.75, 3.05) is 5.32 Å².